The van der Waals surface area contributed by atoms with Gasteiger partial charge in [0.25, 0.3) is 0 Å². The van der Waals surface area contributed by atoms with Crippen molar-refractivity contribution in [2.24, 2.45) is 5.73 Å². The van der Waals surface area contributed by atoms with Crippen molar-refractivity contribution in [3.05, 3.63) is 64.2 Å². The molecular weight excluding hydrogens is 246 g/mol. The van der Waals surface area contributed by atoms with E-state index in [2.05, 4.69) is 57.2 Å². The van der Waals surface area contributed by atoms with Crippen LogP contribution in [0.3, 0.4) is 0 Å². The Labute approximate surface area is 121 Å². The molecule has 0 saturated carbocycles. The minimum absolute atomic E-state index is 0.596. The van der Waals surface area contributed by atoms with Crippen molar-refractivity contribution in [1.29, 1.82) is 0 Å². The number of ether oxygens (including phenoxy) is 1. The summed E-state index contributed by atoms with van der Waals surface area (Å²) in [5.74, 6) is 0.992. The third-order valence-corrected chi connectivity index (χ3v) is 3.70. The Kier molecular flexibility index (Phi) is 4.80. The van der Waals surface area contributed by atoms with Gasteiger partial charge in [-0.3, -0.25) is 0 Å². The van der Waals surface area contributed by atoms with E-state index >= 15 is 0 Å². The molecule has 0 atom stereocenters. The van der Waals surface area contributed by atoms with Crippen LogP contribution in [0.4, 0.5) is 0 Å². The van der Waals surface area contributed by atoms with Crippen molar-refractivity contribution < 1.29 is 4.74 Å². The molecule has 2 aromatic rings. The number of hydrogen-bond donors (Lipinski definition) is 1. The van der Waals surface area contributed by atoms with Gasteiger partial charge >= 0.3 is 0 Å². The van der Waals surface area contributed by atoms with E-state index in [1.807, 2.05) is 0 Å². The average molecular weight is 269 g/mol. The molecular formula is C18H23NO. The maximum Gasteiger partial charge on any atom is 0.122 e. The summed E-state index contributed by atoms with van der Waals surface area (Å²) >= 11 is 0. The molecule has 20 heavy (non-hydrogen) atoms. The quantitative estimate of drug-likeness (QED) is 0.898. The first-order chi connectivity index (χ1) is 9.60. The first kappa shape index (κ1) is 14.6. The lowest BCUT2D eigenvalue weighted by molar-refractivity contribution is 0.319. The summed E-state index contributed by atoms with van der Waals surface area (Å²) in [5, 5.41) is 0. The van der Waals surface area contributed by atoms with Crippen molar-refractivity contribution in [3.8, 4) is 5.75 Å². The van der Waals surface area contributed by atoms with Crippen LogP contribution in [0.5, 0.6) is 5.75 Å². The topological polar surface area (TPSA) is 35.2 Å². The highest BCUT2D eigenvalue weighted by molar-refractivity contribution is 5.40. The first-order valence-corrected chi connectivity index (χ1v) is 7.08. The summed E-state index contributed by atoms with van der Waals surface area (Å²) in [6.45, 7) is 7.64. The number of rotatable bonds is 5. The molecule has 2 rings (SSSR count). The Morgan fingerprint density at radius 3 is 2.10 bits per heavy atom. The standard InChI is InChI=1S/C18H23NO/c1-13-10-15(3)18(11-14(13)2)20-9-8-16-4-6-17(12-19)7-5-16/h4-7,10-11H,8-9,12,19H2,1-3H3. The molecule has 0 radical (unpaired) electrons. The lowest BCUT2D eigenvalue weighted by atomic mass is 10.1. The van der Waals surface area contributed by atoms with Crippen molar-refractivity contribution in [2.75, 3.05) is 6.61 Å². The Morgan fingerprint density at radius 1 is 0.850 bits per heavy atom. The van der Waals surface area contributed by atoms with E-state index in [1.54, 1.807) is 0 Å². The van der Waals surface area contributed by atoms with E-state index in [1.165, 1.54) is 27.8 Å². The van der Waals surface area contributed by atoms with Gasteiger partial charge in [0.15, 0.2) is 0 Å². The van der Waals surface area contributed by atoms with Crippen LogP contribution in [0.2, 0.25) is 0 Å². The molecule has 0 saturated heterocycles. The van der Waals surface area contributed by atoms with E-state index in [0.717, 1.165) is 12.2 Å². The van der Waals surface area contributed by atoms with Crippen LogP contribution in [-0.4, -0.2) is 6.61 Å². The zero-order valence-electron chi connectivity index (χ0n) is 12.6. The van der Waals surface area contributed by atoms with E-state index in [0.29, 0.717) is 13.2 Å². The van der Waals surface area contributed by atoms with Gasteiger partial charge in [-0.25, -0.2) is 0 Å². The Hall–Kier alpha value is -1.80. The van der Waals surface area contributed by atoms with Crippen LogP contribution < -0.4 is 10.5 Å². The van der Waals surface area contributed by atoms with Crippen LogP contribution in [0.1, 0.15) is 27.8 Å². The summed E-state index contributed by atoms with van der Waals surface area (Å²) in [4.78, 5) is 0. The lowest BCUT2D eigenvalue weighted by Crippen LogP contribution is -2.03. The normalized spacial score (nSPS) is 10.6. The van der Waals surface area contributed by atoms with Crippen LogP contribution in [0.25, 0.3) is 0 Å². The summed E-state index contributed by atoms with van der Waals surface area (Å²) in [6.07, 6.45) is 0.914. The smallest absolute Gasteiger partial charge is 0.122 e. The second-order valence-electron chi connectivity index (χ2n) is 5.32. The van der Waals surface area contributed by atoms with Crippen LogP contribution in [0, 0.1) is 20.8 Å². The Balaban J connectivity index is 1.94. The molecule has 2 nitrogen and oxygen atoms in total. The maximum atomic E-state index is 5.91. The molecule has 0 spiro atoms. The van der Waals surface area contributed by atoms with E-state index in [-0.39, 0.29) is 0 Å². The largest absolute Gasteiger partial charge is 0.493 e. The van der Waals surface area contributed by atoms with Gasteiger partial charge in [-0.1, -0.05) is 30.3 Å². The lowest BCUT2D eigenvalue weighted by Gasteiger charge is -2.12. The van der Waals surface area contributed by atoms with Gasteiger partial charge < -0.3 is 10.5 Å². The molecule has 0 aliphatic rings. The fourth-order valence-corrected chi connectivity index (χ4v) is 2.21. The highest BCUT2D eigenvalue weighted by atomic mass is 16.5. The fraction of sp³-hybridized carbons (Fsp3) is 0.333. The minimum atomic E-state index is 0.596. The number of aryl methyl sites for hydroxylation is 3. The number of hydrogen-bond acceptors (Lipinski definition) is 2. The zero-order chi connectivity index (χ0) is 14.5. The number of benzene rings is 2. The Bertz CT molecular complexity index is 573. The van der Waals surface area contributed by atoms with Crippen LogP contribution in [0.15, 0.2) is 36.4 Å². The van der Waals surface area contributed by atoms with Gasteiger partial charge in [0, 0.05) is 13.0 Å². The molecule has 0 heterocycles. The predicted molar refractivity (Wildman–Crippen MR) is 84.2 cm³/mol. The second kappa shape index (κ2) is 6.58. The molecule has 0 bridgehead atoms. The summed E-state index contributed by atoms with van der Waals surface area (Å²) in [6, 6.07) is 12.7. The van der Waals surface area contributed by atoms with E-state index < -0.39 is 0 Å². The second-order valence-corrected chi connectivity index (χ2v) is 5.32. The molecule has 0 fully saturated rings. The van der Waals surface area contributed by atoms with Crippen LogP contribution in [-0.2, 0) is 13.0 Å². The van der Waals surface area contributed by atoms with Crippen LogP contribution >= 0.6 is 0 Å². The molecule has 0 unspecified atom stereocenters. The van der Waals surface area contributed by atoms with Gasteiger partial charge in [0.1, 0.15) is 5.75 Å². The van der Waals surface area contributed by atoms with Crippen molar-refractivity contribution in [3.63, 3.8) is 0 Å². The van der Waals surface area contributed by atoms with Gasteiger partial charge in [-0.05, 0) is 54.7 Å². The van der Waals surface area contributed by atoms with Gasteiger partial charge in [-0.15, -0.1) is 0 Å². The summed E-state index contributed by atoms with van der Waals surface area (Å²) < 4.78 is 5.91. The van der Waals surface area contributed by atoms with Crippen molar-refractivity contribution in [2.45, 2.75) is 33.7 Å². The molecule has 2 heteroatoms. The molecule has 0 aliphatic heterocycles. The average Bonchev–Trinajstić information content (AvgIpc) is 2.45. The van der Waals surface area contributed by atoms with E-state index in [4.69, 9.17) is 10.5 Å². The maximum absolute atomic E-state index is 5.91. The Morgan fingerprint density at radius 2 is 1.45 bits per heavy atom. The van der Waals surface area contributed by atoms with Crippen molar-refractivity contribution >= 4 is 0 Å². The predicted octanol–water partition coefficient (Wildman–Crippen LogP) is 3.69. The molecule has 0 amide bonds. The minimum Gasteiger partial charge on any atom is -0.493 e. The molecule has 0 aromatic heterocycles. The zero-order valence-corrected chi connectivity index (χ0v) is 12.6. The van der Waals surface area contributed by atoms with E-state index in [9.17, 15) is 0 Å². The fourth-order valence-electron chi connectivity index (χ4n) is 2.21. The highest BCUT2D eigenvalue weighted by Gasteiger charge is 2.03. The monoisotopic (exact) mass is 269 g/mol. The van der Waals surface area contributed by atoms with Gasteiger partial charge in [-0.2, -0.15) is 0 Å². The van der Waals surface area contributed by atoms with Crippen molar-refractivity contribution in [1.82, 2.24) is 0 Å². The highest BCUT2D eigenvalue weighted by Crippen LogP contribution is 2.22. The molecule has 2 N–H and O–H groups in total. The molecule has 106 valence electrons. The van der Waals surface area contributed by atoms with Gasteiger partial charge in [0.2, 0.25) is 0 Å². The molecule has 0 aliphatic carbocycles. The molecule has 2 aromatic carbocycles. The summed E-state index contributed by atoms with van der Waals surface area (Å²) in [5.41, 5.74) is 11.8. The SMILES string of the molecule is Cc1cc(C)c(OCCc2ccc(CN)cc2)cc1C. The third-order valence-electron chi connectivity index (χ3n) is 3.70. The first-order valence-electron chi connectivity index (χ1n) is 7.08. The van der Waals surface area contributed by atoms with Gasteiger partial charge in [0.05, 0.1) is 6.61 Å². The third kappa shape index (κ3) is 3.61. The number of nitrogens with two attached hydrogens (primary N) is 1. The summed E-state index contributed by atoms with van der Waals surface area (Å²) in [7, 11) is 0.